The molecule has 0 aliphatic rings. The second-order valence-corrected chi connectivity index (χ2v) is 13.4. The van der Waals surface area contributed by atoms with Crippen LogP contribution < -0.4 is 0 Å². The van der Waals surface area contributed by atoms with Crippen LogP contribution in [-0.2, 0) is 0 Å². The molecule has 0 atom stereocenters. The van der Waals surface area contributed by atoms with Gasteiger partial charge in [0.1, 0.15) is 0 Å². The minimum atomic E-state index is -1.05. The highest BCUT2D eigenvalue weighted by atomic mass is 32.1. The summed E-state index contributed by atoms with van der Waals surface area (Å²) in [6, 6.07) is -28.7. The zero-order valence-corrected chi connectivity index (χ0v) is 29.2. The summed E-state index contributed by atoms with van der Waals surface area (Å²) in [7, 11) is 0. The first-order valence-electron chi connectivity index (χ1n) is 33.3. The zero-order chi connectivity index (χ0) is 66.2. The Morgan fingerprint density at radius 3 is 1.61 bits per heavy atom. The van der Waals surface area contributed by atoms with Crippen LogP contribution >= 0.6 is 11.3 Å². The van der Waals surface area contributed by atoms with Crippen LogP contribution in [0.25, 0.3) is 109 Å². The molecule has 0 saturated heterocycles. The maximum absolute atomic E-state index is 10.1. The Labute approximate surface area is 380 Å². The van der Waals surface area contributed by atoms with Crippen LogP contribution in [0.15, 0.2) is 205 Å². The third kappa shape index (κ3) is 5.03. The highest BCUT2D eigenvalue weighted by Gasteiger charge is 2.20. The molecule has 9 aromatic carbocycles. The SMILES string of the molecule is [2H]c1c([2H])c([2H])c(-c2c([2H])c([2H])c(-n3c4c([2H])c([2H])c([2H])c([2H])c4c4c([2H])c(-c5cc([2H])c6c(c5[2H])c5c([2H])c([2H])c([2H])c([2H])c5n6-c5c(-c6c([2H])c([2H])c([2H])c([2H])c6[2H])c([2H])c6c(sc7c([2H])c([2H])c([2H])c([2H])c76)c5[2H])c([2H])c([2H])c43)c([2H])c2[2H])c([2H])c1[2H]. The molecule has 0 aliphatic carbocycles. The Hall–Kier alpha value is -7.20. The van der Waals surface area contributed by atoms with Crippen molar-refractivity contribution in [1.82, 2.24) is 9.13 Å². The molecule has 0 radical (unpaired) electrons. The van der Waals surface area contributed by atoms with Gasteiger partial charge in [0.05, 0.1) is 73.0 Å². The monoisotopic (exact) mass is 775 g/mol. The van der Waals surface area contributed by atoms with Gasteiger partial charge in [-0.3, -0.25) is 0 Å². The molecule has 2 nitrogen and oxygen atoms in total. The van der Waals surface area contributed by atoms with E-state index in [-0.39, 0.29) is 20.2 Å². The molecule has 0 unspecified atom stereocenters. The highest BCUT2D eigenvalue weighted by Crippen LogP contribution is 2.43. The largest absolute Gasteiger partial charge is 0.309 e. The maximum atomic E-state index is 10.1. The van der Waals surface area contributed by atoms with Crippen molar-refractivity contribution in [2.45, 2.75) is 0 Å². The number of hydrogen-bond donors (Lipinski definition) is 0. The second-order valence-electron chi connectivity index (χ2n) is 12.4. The summed E-state index contributed by atoms with van der Waals surface area (Å²) in [5, 5.41) is -3.08. The van der Waals surface area contributed by atoms with Crippen molar-refractivity contribution in [2.24, 2.45) is 0 Å². The number of nitrogens with zero attached hydrogens (tertiary/aromatic N) is 2. The predicted octanol–water partition coefficient (Wildman–Crippen LogP) is 15.2. The van der Waals surface area contributed by atoms with Crippen LogP contribution in [-0.4, -0.2) is 9.13 Å². The molecule has 3 aromatic heterocycles. The number of thiophene rings is 1. The molecule has 3 heteroatoms. The van der Waals surface area contributed by atoms with Gasteiger partial charge in [0, 0.05) is 53.0 Å². The fraction of sp³-hybridized carbons (Fsp3) is 0. The van der Waals surface area contributed by atoms with Gasteiger partial charge in [-0.05, 0) is 94.3 Å². The molecule has 0 amide bonds. The summed E-state index contributed by atoms with van der Waals surface area (Å²) in [6.07, 6.45) is 0. The van der Waals surface area contributed by atoms with Crippen molar-refractivity contribution in [3.05, 3.63) is 205 Å². The normalized spacial score (nSPS) is 20.0. The third-order valence-corrected chi connectivity index (χ3v) is 10.3. The van der Waals surface area contributed by atoms with Gasteiger partial charge in [-0.25, -0.2) is 0 Å². The highest BCUT2D eigenvalue weighted by molar-refractivity contribution is 7.25. The fourth-order valence-electron chi connectivity index (χ4n) is 6.82. The molecule has 57 heavy (non-hydrogen) atoms. The van der Waals surface area contributed by atoms with Gasteiger partial charge in [0.15, 0.2) is 0 Å². The van der Waals surface area contributed by atoms with E-state index in [1.54, 1.807) is 0 Å². The minimum absolute atomic E-state index is 0.181. The van der Waals surface area contributed by atoms with E-state index in [1.807, 2.05) is 0 Å². The molecular formula is C54H34N2S. The molecule has 0 N–H and O–H groups in total. The number of benzene rings is 9. The van der Waals surface area contributed by atoms with E-state index < -0.39 is 288 Å². The van der Waals surface area contributed by atoms with Gasteiger partial charge >= 0.3 is 0 Å². The summed E-state index contributed by atoms with van der Waals surface area (Å²) in [5.74, 6) is 0. The summed E-state index contributed by atoms with van der Waals surface area (Å²) < 4.78 is 301. The first kappa shape index (κ1) is 13.5. The van der Waals surface area contributed by atoms with Crippen LogP contribution in [0.5, 0.6) is 0 Å². The van der Waals surface area contributed by atoms with E-state index in [0.29, 0.717) is 15.9 Å². The summed E-state index contributed by atoms with van der Waals surface area (Å²) in [6.45, 7) is 0. The molecule has 0 saturated carbocycles. The molecule has 0 aliphatic heterocycles. The van der Waals surface area contributed by atoms with E-state index in [4.69, 9.17) is 21.9 Å². The van der Waals surface area contributed by atoms with E-state index in [0.717, 1.165) is 10.6 Å². The number of aromatic nitrogens is 2. The molecule has 3 heterocycles. The summed E-state index contributed by atoms with van der Waals surface area (Å²) in [5.41, 5.74) is -8.53. The average molecular weight is 776 g/mol. The van der Waals surface area contributed by atoms with E-state index in [1.165, 1.54) is 0 Å². The first-order valence-corrected chi connectivity index (χ1v) is 17.6. The Morgan fingerprint density at radius 2 is 0.877 bits per heavy atom. The fourth-order valence-corrected chi connectivity index (χ4v) is 7.78. The topological polar surface area (TPSA) is 9.86 Å². The number of hydrogen-bond acceptors (Lipinski definition) is 1. The molecule has 0 bridgehead atoms. The van der Waals surface area contributed by atoms with E-state index >= 15 is 0 Å². The van der Waals surface area contributed by atoms with E-state index in [9.17, 15) is 23.3 Å². The Bertz CT molecular complexity index is 5380. The minimum Gasteiger partial charge on any atom is -0.309 e. The van der Waals surface area contributed by atoms with Crippen molar-refractivity contribution in [1.29, 1.82) is 0 Å². The van der Waals surface area contributed by atoms with Crippen LogP contribution in [0, 0.1) is 0 Å². The van der Waals surface area contributed by atoms with Crippen LogP contribution in [0.2, 0.25) is 0 Å². The second kappa shape index (κ2) is 12.7. The summed E-state index contributed by atoms with van der Waals surface area (Å²) >= 11 is 0.600. The standard InChI is InChI=1S/C54H34N2S/c1-3-13-35(14-4-1)36-23-27-40(28-24-36)55-48-20-10-7-17-41(48)45-31-38(25-29-50(45)55)39-26-30-51-46(32-39)42-18-8-11-21-49(42)56(51)52-34-54-47(43-19-9-12-22-53(43)57-54)33-44(52)37-15-5-2-6-16-37/h1-34H/i1D,2D,3D,4D,5D,6D,7D,8D,9D,10D,11D,12D,13D,14D,15D,16D,17D,18D,19D,20D,21D,22D,23D,24D,25D,27D,28D,29D,30D,31D,32D,33D,34D. The molecule has 0 fully saturated rings. The van der Waals surface area contributed by atoms with Crippen molar-refractivity contribution in [2.75, 3.05) is 0 Å². The van der Waals surface area contributed by atoms with Crippen molar-refractivity contribution in [3.63, 3.8) is 0 Å². The lowest BCUT2D eigenvalue weighted by Crippen LogP contribution is -1.97. The Balaban J connectivity index is 1.25. The van der Waals surface area contributed by atoms with Crippen LogP contribution in [0.1, 0.15) is 45.2 Å². The number of fused-ring (bicyclic) bond motifs is 9. The van der Waals surface area contributed by atoms with Crippen LogP contribution in [0.4, 0.5) is 0 Å². The zero-order valence-electron chi connectivity index (χ0n) is 61.4. The third-order valence-electron chi connectivity index (χ3n) is 9.25. The molecular weight excluding hydrogens is 709 g/mol. The van der Waals surface area contributed by atoms with Crippen LogP contribution in [0.3, 0.4) is 0 Å². The quantitative estimate of drug-likeness (QED) is 0.165. The van der Waals surface area contributed by atoms with Gasteiger partial charge in [-0.1, -0.05) is 139 Å². The molecule has 266 valence electrons. The Morgan fingerprint density at radius 1 is 0.333 bits per heavy atom. The lowest BCUT2D eigenvalue weighted by molar-refractivity contribution is 1.18. The first-order chi connectivity index (χ1) is 42.0. The molecule has 0 spiro atoms. The molecule has 12 rings (SSSR count). The maximum Gasteiger partial charge on any atom is 0.0660 e. The van der Waals surface area contributed by atoms with Gasteiger partial charge in [-0.15, -0.1) is 11.3 Å². The van der Waals surface area contributed by atoms with Gasteiger partial charge in [0.25, 0.3) is 0 Å². The van der Waals surface area contributed by atoms with Gasteiger partial charge < -0.3 is 9.13 Å². The van der Waals surface area contributed by atoms with Crippen molar-refractivity contribution < 1.29 is 45.2 Å². The molecule has 12 aromatic rings. The van der Waals surface area contributed by atoms with E-state index in [2.05, 4.69) is 0 Å². The van der Waals surface area contributed by atoms with Crippen molar-refractivity contribution >= 4 is 75.1 Å². The lowest BCUT2D eigenvalue weighted by Gasteiger charge is -2.15. The lowest BCUT2D eigenvalue weighted by atomic mass is 9.99. The number of rotatable bonds is 5. The van der Waals surface area contributed by atoms with Gasteiger partial charge in [-0.2, -0.15) is 0 Å². The smallest absolute Gasteiger partial charge is 0.0660 e. The van der Waals surface area contributed by atoms with Crippen molar-refractivity contribution in [3.8, 4) is 44.8 Å². The van der Waals surface area contributed by atoms with Gasteiger partial charge in [0.2, 0.25) is 0 Å². The average Bonchev–Trinajstić information content (AvgIpc) is 1.50. The predicted molar refractivity (Wildman–Crippen MR) is 244 cm³/mol. The number of para-hydroxylation sites is 2. The Kier molecular flexibility index (Phi) is 3.00. The summed E-state index contributed by atoms with van der Waals surface area (Å²) in [4.78, 5) is 0.